The van der Waals surface area contributed by atoms with Crippen molar-refractivity contribution in [1.82, 2.24) is 15.5 Å². The fraction of sp³-hybridized carbons (Fsp3) is 0.636. The Morgan fingerprint density at radius 2 is 1.69 bits per heavy atom. The van der Waals surface area contributed by atoms with Crippen LogP contribution >= 0.6 is 24.0 Å². The van der Waals surface area contributed by atoms with Gasteiger partial charge in [0.05, 0.1) is 5.41 Å². The number of nitrogens with zero attached hydrogens (tertiary/aromatic N) is 3. The summed E-state index contributed by atoms with van der Waals surface area (Å²) in [5.74, 6) is 1.01. The number of nitrogens with one attached hydrogen (secondary N) is 2. The molecule has 0 unspecified atom stereocenters. The summed E-state index contributed by atoms with van der Waals surface area (Å²) in [4.78, 5) is 20.8. The molecule has 0 saturated heterocycles. The molecule has 0 heterocycles. The van der Waals surface area contributed by atoms with Crippen LogP contribution in [0, 0.1) is 5.41 Å². The van der Waals surface area contributed by atoms with Crippen molar-refractivity contribution < 1.29 is 4.79 Å². The third-order valence-electron chi connectivity index (χ3n) is 5.63. The molecule has 1 aliphatic carbocycles. The molecule has 29 heavy (non-hydrogen) atoms. The normalized spacial score (nSPS) is 15.4. The van der Waals surface area contributed by atoms with E-state index < -0.39 is 0 Å². The van der Waals surface area contributed by atoms with Crippen molar-refractivity contribution in [2.45, 2.75) is 38.5 Å². The van der Waals surface area contributed by atoms with Gasteiger partial charge in [-0.3, -0.25) is 9.79 Å². The van der Waals surface area contributed by atoms with Gasteiger partial charge >= 0.3 is 0 Å². The highest BCUT2D eigenvalue weighted by atomic mass is 127. The van der Waals surface area contributed by atoms with Gasteiger partial charge in [0.1, 0.15) is 0 Å². The predicted molar refractivity (Wildman–Crippen MR) is 133 cm³/mol. The third kappa shape index (κ3) is 7.35. The van der Waals surface area contributed by atoms with E-state index in [4.69, 9.17) is 0 Å². The first-order valence-corrected chi connectivity index (χ1v) is 10.3. The molecule has 0 bridgehead atoms. The van der Waals surface area contributed by atoms with Crippen LogP contribution in [0.25, 0.3) is 0 Å². The number of hydrogen-bond donors (Lipinski definition) is 2. The van der Waals surface area contributed by atoms with E-state index in [9.17, 15) is 4.79 Å². The first kappa shape index (κ1) is 25.5. The van der Waals surface area contributed by atoms with Gasteiger partial charge in [-0.05, 0) is 43.4 Å². The first-order chi connectivity index (χ1) is 13.4. The number of guanidine groups is 1. The van der Waals surface area contributed by atoms with Gasteiger partial charge in [-0.2, -0.15) is 0 Å². The molecule has 7 heteroatoms. The van der Waals surface area contributed by atoms with Gasteiger partial charge in [0.15, 0.2) is 5.96 Å². The third-order valence-corrected chi connectivity index (χ3v) is 5.63. The van der Waals surface area contributed by atoms with E-state index in [1.54, 1.807) is 11.9 Å². The molecule has 1 amide bonds. The predicted octanol–water partition coefficient (Wildman–Crippen LogP) is 3.12. The van der Waals surface area contributed by atoms with E-state index in [1.807, 2.05) is 14.1 Å². The topological polar surface area (TPSA) is 60.0 Å². The van der Waals surface area contributed by atoms with Crippen LogP contribution in [-0.4, -0.2) is 65.1 Å². The van der Waals surface area contributed by atoms with Crippen LogP contribution in [0.15, 0.2) is 29.3 Å². The van der Waals surface area contributed by atoms with E-state index in [0.717, 1.165) is 51.0 Å². The zero-order chi connectivity index (χ0) is 20.6. The van der Waals surface area contributed by atoms with E-state index >= 15 is 0 Å². The minimum atomic E-state index is -0.282. The molecule has 0 aromatic heterocycles. The number of carbonyl (C=O) groups is 1. The largest absolute Gasteiger partial charge is 0.378 e. The highest BCUT2D eigenvalue weighted by Crippen LogP contribution is 2.38. The summed E-state index contributed by atoms with van der Waals surface area (Å²) in [6, 6.07) is 8.70. The summed E-state index contributed by atoms with van der Waals surface area (Å²) >= 11 is 0. The molecule has 1 aromatic rings. The maximum Gasteiger partial charge on any atom is 0.230 e. The second-order valence-electron chi connectivity index (χ2n) is 8.20. The maximum atomic E-state index is 12.7. The van der Waals surface area contributed by atoms with Gasteiger partial charge in [-0.1, -0.05) is 25.0 Å². The molecule has 1 fully saturated rings. The van der Waals surface area contributed by atoms with Crippen LogP contribution in [0.2, 0.25) is 0 Å². The summed E-state index contributed by atoms with van der Waals surface area (Å²) in [6.07, 6.45) is 6.22. The van der Waals surface area contributed by atoms with Crippen molar-refractivity contribution in [2.75, 3.05) is 53.2 Å². The Kier molecular flexibility index (Phi) is 10.8. The van der Waals surface area contributed by atoms with E-state index in [-0.39, 0.29) is 35.3 Å². The lowest BCUT2D eigenvalue weighted by Crippen LogP contribution is -2.49. The zero-order valence-corrected chi connectivity index (χ0v) is 21.0. The molecule has 2 rings (SSSR count). The summed E-state index contributed by atoms with van der Waals surface area (Å²) in [7, 11) is 9.59. The zero-order valence-electron chi connectivity index (χ0n) is 18.6. The van der Waals surface area contributed by atoms with Crippen LogP contribution in [0.4, 0.5) is 5.69 Å². The van der Waals surface area contributed by atoms with Gasteiger partial charge in [0.25, 0.3) is 0 Å². The smallest absolute Gasteiger partial charge is 0.230 e. The number of amides is 1. The van der Waals surface area contributed by atoms with Crippen LogP contribution in [0.5, 0.6) is 0 Å². The second-order valence-corrected chi connectivity index (χ2v) is 8.20. The standard InChI is InChI=1S/C22H37N5O.HI/c1-23-21(25-17-22(14-6-7-15-22)20(28)27(4)5)24-16-8-9-18-10-12-19(13-11-18)26(2)3;/h10-13H,6-9,14-17H2,1-5H3,(H2,23,24,25);1H. The number of anilines is 1. The molecular weight excluding hydrogens is 477 g/mol. The molecule has 2 N–H and O–H groups in total. The molecule has 0 radical (unpaired) electrons. The van der Waals surface area contributed by atoms with Crippen molar-refractivity contribution in [3.05, 3.63) is 29.8 Å². The number of halogens is 1. The van der Waals surface area contributed by atoms with Crippen LogP contribution in [0.3, 0.4) is 0 Å². The van der Waals surface area contributed by atoms with E-state index in [1.165, 1.54) is 11.3 Å². The molecule has 0 spiro atoms. The number of aryl methyl sites for hydroxylation is 1. The van der Waals surface area contributed by atoms with Gasteiger partial charge in [-0.15, -0.1) is 24.0 Å². The average Bonchev–Trinajstić information content (AvgIpc) is 3.17. The van der Waals surface area contributed by atoms with Crippen molar-refractivity contribution in [3.8, 4) is 0 Å². The molecule has 1 saturated carbocycles. The summed E-state index contributed by atoms with van der Waals surface area (Å²) in [6.45, 7) is 1.50. The first-order valence-electron chi connectivity index (χ1n) is 10.3. The molecule has 164 valence electrons. The minimum Gasteiger partial charge on any atom is -0.378 e. The molecule has 6 nitrogen and oxygen atoms in total. The van der Waals surface area contributed by atoms with Gasteiger partial charge in [0.2, 0.25) is 5.91 Å². The Bertz CT molecular complexity index is 652. The minimum absolute atomic E-state index is 0. The average molecular weight is 515 g/mol. The lowest BCUT2D eigenvalue weighted by atomic mass is 9.84. The molecule has 1 aromatic carbocycles. The Morgan fingerprint density at radius 3 is 2.21 bits per heavy atom. The Morgan fingerprint density at radius 1 is 1.07 bits per heavy atom. The Balaban J connectivity index is 0.00000420. The number of aliphatic imine (C=N–C) groups is 1. The fourth-order valence-corrected chi connectivity index (χ4v) is 3.93. The molecule has 0 atom stereocenters. The summed E-state index contributed by atoms with van der Waals surface area (Å²) < 4.78 is 0. The van der Waals surface area contributed by atoms with Crippen LogP contribution < -0.4 is 15.5 Å². The quantitative estimate of drug-likeness (QED) is 0.242. The highest BCUT2D eigenvalue weighted by Gasteiger charge is 2.42. The number of rotatable bonds is 8. The van der Waals surface area contributed by atoms with Crippen LogP contribution in [-0.2, 0) is 11.2 Å². The maximum absolute atomic E-state index is 12.7. The highest BCUT2D eigenvalue weighted by molar-refractivity contribution is 14.0. The SMILES string of the molecule is CN=C(NCCCc1ccc(N(C)C)cc1)NCC1(C(=O)N(C)C)CCCC1.I. The van der Waals surface area contributed by atoms with Gasteiger partial charge in [-0.25, -0.2) is 0 Å². The number of benzene rings is 1. The molecular formula is C22H38IN5O. The summed E-state index contributed by atoms with van der Waals surface area (Å²) in [5.41, 5.74) is 2.28. The summed E-state index contributed by atoms with van der Waals surface area (Å²) in [5, 5.41) is 6.78. The van der Waals surface area contributed by atoms with Crippen molar-refractivity contribution in [3.63, 3.8) is 0 Å². The van der Waals surface area contributed by atoms with E-state index in [0.29, 0.717) is 6.54 Å². The number of hydrogen-bond acceptors (Lipinski definition) is 3. The van der Waals surface area contributed by atoms with Gasteiger partial charge < -0.3 is 20.4 Å². The lowest BCUT2D eigenvalue weighted by Gasteiger charge is -2.31. The fourth-order valence-electron chi connectivity index (χ4n) is 3.93. The van der Waals surface area contributed by atoms with Crippen molar-refractivity contribution in [2.24, 2.45) is 10.4 Å². The Hall–Kier alpha value is -1.51. The number of carbonyl (C=O) groups excluding carboxylic acids is 1. The van der Waals surface area contributed by atoms with Crippen molar-refractivity contribution >= 4 is 41.5 Å². The van der Waals surface area contributed by atoms with Crippen molar-refractivity contribution in [1.29, 1.82) is 0 Å². The lowest BCUT2D eigenvalue weighted by molar-refractivity contribution is -0.138. The second kappa shape index (κ2) is 12.2. The molecule has 0 aliphatic heterocycles. The Labute approximate surface area is 193 Å². The van der Waals surface area contributed by atoms with Crippen LogP contribution in [0.1, 0.15) is 37.7 Å². The molecule has 1 aliphatic rings. The monoisotopic (exact) mass is 515 g/mol. The van der Waals surface area contributed by atoms with Gasteiger partial charge in [0, 0.05) is 54.0 Å². The van der Waals surface area contributed by atoms with E-state index in [2.05, 4.69) is 58.9 Å².